The van der Waals surface area contributed by atoms with Gasteiger partial charge in [0.2, 0.25) is 0 Å². The predicted octanol–water partition coefficient (Wildman–Crippen LogP) is 2.64. The first-order valence-corrected chi connectivity index (χ1v) is 6.30. The van der Waals surface area contributed by atoms with E-state index in [-0.39, 0.29) is 11.1 Å². The number of rotatable bonds is 2. The summed E-state index contributed by atoms with van der Waals surface area (Å²) in [7, 11) is 1.28. The number of ether oxygens (including phenoxy) is 1. The fourth-order valence-electron chi connectivity index (χ4n) is 1.88. The van der Waals surface area contributed by atoms with Crippen molar-refractivity contribution in [3.63, 3.8) is 0 Å². The van der Waals surface area contributed by atoms with Gasteiger partial charge < -0.3 is 9.72 Å². The Labute approximate surface area is 112 Å². The van der Waals surface area contributed by atoms with Crippen molar-refractivity contribution in [1.82, 2.24) is 4.98 Å². The normalized spacial score (nSPS) is 10.6. The van der Waals surface area contributed by atoms with Crippen LogP contribution in [-0.2, 0) is 11.2 Å². The number of aryl methyl sites for hydroxylation is 1. The summed E-state index contributed by atoms with van der Waals surface area (Å²) in [6.07, 6.45) is 0.760. The summed E-state index contributed by atoms with van der Waals surface area (Å²) in [5.41, 5.74) is 1.64. The number of aromatic amines is 1. The van der Waals surface area contributed by atoms with Gasteiger partial charge in [-0.05, 0) is 24.1 Å². The van der Waals surface area contributed by atoms with E-state index in [1.165, 1.54) is 13.2 Å². The lowest BCUT2D eigenvalue weighted by molar-refractivity contribution is 0.0594. The maximum absolute atomic E-state index is 12.0. The minimum Gasteiger partial charge on any atom is -0.464 e. The molecular weight excluding hydrogens is 298 g/mol. The zero-order chi connectivity index (χ0) is 13.3. The fraction of sp³-hybridized carbons (Fsp3) is 0.231. The average Bonchev–Trinajstić information content (AvgIpc) is 2.37. The van der Waals surface area contributed by atoms with E-state index in [0.717, 1.165) is 16.5 Å². The minimum absolute atomic E-state index is 0.173. The zero-order valence-corrected chi connectivity index (χ0v) is 11.6. The molecule has 4 nitrogen and oxygen atoms in total. The molecule has 0 atom stereocenters. The summed E-state index contributed by atoms with van der Waals surface area (Å²) in [5, 5.41) is 0.564. The molecule has 0 aliphatic rings. The van der Waals surface area contributed by atoms with E-state index in [1.54, 1.807) is 6.07 Å². The Morgan fingerprint density at radius 3 is 2.72 bits per heavy atom. The van der Waals surface area contributed by atoms with Gasteiger partial charge >= 0.3 is 5.97 Å². The highest BCUT2D eigenvalue weighted by molar-refractivity contribution is 9.10. The van der Waals surface area contributed by atoms with Crippen molar-refractivity contribution in [2.75, 3.05) is 7.11 Å². The number of carbonyl (C=O) groups excluding carboxylic acids is 1. The molecule has 0 bridgehead atoms. The molecule has 0 aliphatic heterocycles. The summed E-state index contributed by atoms with van der Waals surface area (Å²) >= 11 is 3.37. The number of hydrogen-bond donors (Lipinski definition) is 1. The van der Waals surface area contributed by atoms with Gasteiger partial charge in [-0.3, -0.25) is 4.79 Å². The van der Waals surface area contributed by atoms with Crippen molar-refractivity contribution in [3.05, 3.63) is 44.2 Å². The maximum atomic E-state index is 12.0. The van der Waals surface area contributed by atoms with E-state index in [2.05, 4.69) is 25.7 Å². The Bertz CT molecular complexity index is 676. The van der Waals surface area contributed by atoms with Crippen LogP contribution in [0.1, 0.15) is 23.0 Å². The van der Waals surface area contributed by atoms with Crippen LogP contribution in [0, 0.1) is 0 Å². The number of halogens is 1. The van der Waals surface area contributed by atoms with Crippen LogP contribution in [0.5, 0.6) is 0 Å². The molecule has 0 amide bonds. The fourth-order valence-corrected chi connectivity index (χ4v) is 2.39. The molecule has 1 aromatic heterocycles. The van der Waals surface area contributed by atoms with Crippen LogP contribution in [0.3, 0.4) is 0 Å². The van der Waals surface area contributed by atoms with Crippen LogP contribution in [0.15, 0.2) is 27.5 Å². The molecule has 1 heterocycles. The second-order valence-corrected chi connectivity index (χ2v) is 4.80. The van der Waals surface area contributed by atoms with Gasteiger partial charge in [0.15, 0.2) is 5.43 Å². The van der Waals surface area contributed by atoms with E-state index in [0.29, 0.717) is 10.9 Å². The number of carbonyl (C=O) groups is 1. The standard InChI is InChI=1S/C13H12BrNO3/c1-3-7-4-8(14)5-9-11(16)6-10(13(17)18-2)15-12(7)9/h4-6H,3H2,1-2H3,(H,15,16). The van der Waals surface area contributed by atoms with E-state index in [4.69, 9.17) is 0 Å². The molecule has 18 heavy (non-hydrogen) atoms. The quantitative estimate of drug-likeness (QED) is 0.868. The van der Waals surface area contributed by atoms with Crippen LogP contribution in [0.2, 0.25) is 0 Å². The number of esters is 1. The topological polar surface area (TPSA) is 59.2 Å². The molecule has 0 saturated carbocycles. The molecule has 5 heteroatoms. The number of pyridine rings is 1. The Balaban J connectivity index is 2.83. The van der Waals surface area contributed by atoms with Crippen molar-refractivity contribution in [2.45, 2.75) is 13.3 Å². The molecule has 1 N–H and O–H groups in total. The van der Waals surface area contributed by atoms with Crippen LogP contribution in [0.4, 0.5) is 0 Å². The third kappa shape index (κ3) is 2.18. The monoisotopic (exact) mass is 309 g/mol. The lowest BCUT2D eigenvalue weighted by Gasteiger charge is -2.07. The van der Waals surface area contributed by atoms with Gasteiger partial charge in [0.1, 0.15) is 5.69 Å². The SMILES string of the molecule is CCc1cc(Br)cc2c(=O)cc(C(=O)OC)[nH]c12. The van der Waals surface area contributed by atoms with E-state index >= 15 is 0 Å². The highest BCUT2D eigenvalue weighted by Gasteiger charge is 2.12. The maximum Gasteiger partial charge on any atom is 0.354 e. The van der Waals surface area contributed by atoms with Crippen molar-refractivity contribution < 1.29 is 9.53 Å². The van der Waals surface area contributed by atoms with Gasteiger partial charge in [0.25, 0.3) is 0 Å². The molecule has 1 aromatic carbocycles. The van der Waals surface area contributed by atoms with Crippen LogP contribution >= 0.6 is 15.9 Å². The average molecular weight is 310 g/mol. The number of methoxy groups -OCH3 is 1. The van der Waals surface area contributed by atoms with Crippen molar-refractivity contribution in [1.29, 1.82) is 0 Å². The molecule has 2 aromatic rings. The van der Waals surface area contributed by atoms with Crippen molar-refractivity contribution in [3.8, 4) is 0 Å². The number of fused-ring (bicyclic) bond motifs is 1. The molecule has 2 rings (SSSR count). The molecular formula is C13H12BrNO3. The van der Waals surface area contributed by atoms with Crippen molar-refractivity contribution in [2.24, 2.45) is 0 Å². The van der Waals surface area contributed by atoms with Crippen LogP contribution in [0.25, 0.3) is 10.9 Å². The van der Waals surface area contributed by atoms with Crippen LogP contribution < -0.4 is 5.43 Å². The Kier molecular flexibility index (Phi) is 3.52. The minimum atomic E-state index is -0.543. The summed E-state index contributed by atoms with van der Waals surface area (Å²) in [6, 6.07) is 4.94. The van der Waals surface area contributed by atoms with Gasteiger partial charge in [-0.25, -0.2) is 4.79 Å². The first kappa shape index (κ1) is 12.8. The molecule has 0 saturated heterocycles. The Hall–Kier alpha value is -1.62. The summed E-state index contributed by atoms with van der Waals surface area (Å²) in [6.45, 7) is 1.99. The molecule has 0 radical (unpaired) electrons. The molecule has 0 unspecified atom stereocenters. The first-order chi connectivity index (χ1) is 8.56. The van der Waals surface area contributed by atoms with Crippen LogP contribution in [-0.4, -0.2) is 18.1 Å². The van der Waals surface area contributed by atoms with Gasteiger partial charge in [-0.2, -0.15) is 0 Å². The highest BCUT2D eigenvalue weighted by Crippen LogP contribution is 2.21. The Morgan fingerprint density at radius 1 is 1.39 bits per heavy atom. The smallest absolute Gasteiger partial charge is 0.354 e. The molecule has 0 aliphatic carbocycles. The molecule has 0 spiro atoms. The Morgan fingerprint density at radius 2 is 2.11 bits per heavy atom. The van der Waals surface area contributed by atoms with Crippen molar-refractivity contribution >= 4 is 32.8 Å². The zero-order valence-electron chi connectivity index (χ0n) is 10.0. The second-order valence-electron chi connectivity index (χ2n) is 3.88. The second kappa shape index (κ2) is 4.94. The highest BCUT2D eigenvalue weighted by atomic mass is 79.9. The summed E-state index contributed by atoms with van der Waals surface area (Å²) < 4.78 is 5.47. The van der Waals surface area contributed by atoms with E-state index in [1.807, 2.05) is 13.0 Å². The number of benzene rings is 1. The largest absolute Gasteiger partial charge is 0.464 e. The molecule has 0 fully saturated rings. The van der Waals surface area contributed by atoms with Gasteiger partial charge in [-0.1, -0.05) is 22.9 Å². The lowest BCUT2D eigenvalue weighted by atomic mass is 10.1. The molecule has 94 valence electrons. The lowest BCUT2D eigenvalue weighted by Crippen LogP contribution is -2.12. The third-order valence-electron chi connectivity index (χ3n) is 2.77. The third-order valence-corrected chi connectivity index (χ3v) is 3.23. The number of hydrogen-bond acceptors (Lipinski definition) is 3. The number of nitrogens with one attached hydrogen (secondary N) is 1. The summed E-state index contributed by atoms with van der Waals surface area (Å²) in [4.78, 5) is 26.4. The summed E-state index contributed by atoms with van der Waals surface area (Å²) in [5.74, 6) is -0.543. The van der Waals surface area contributed by atoms with Gasteiger partial charge in [0.05, 0.1) is 12.6 Å². The van der Waals surface area contributed by atoms with Gasteiger partial charge in [-0.15, -0.1) is 0 Å². The predicted molar refractivity (Wildman–Crippen MR) is 73.0 cm³/mol. The number of aromatic nitrogens is 1. The van der Waals surface area contributed by atoms with Gasteiger partial charge in [0, 0.05) is 15.9 Å². The van der Waals surface area contributed by atoms with E-state index < -0.39 is 5.97 Å². The van der Waals surface area contributed by atoms with E-state index in [9.17, 15) is 9.59 Å². The first-order valence-electron chi connectivity index (χ1n) is 5.50. The number of H-pyrrole nitrogens is 1.